The average molecular weight is 358 g/mol. The third-order valence-corrected chi connectivity index (χ3v) is 6.65. The second kappa shape index (κ2) is 5.14. The molecule has 0 bridgehead atoms. The summed E-state index contributed by atoms with van der Waals surface area (Å²) in [5, 5.41) is 2.55. The van der Waals surface area contributed by atoms with Crippen LogP contribution < -0.4 is 4.74 Å². The fourth-order valence-corrected chi connectivity index (χ4v) is 5.49. The molecule has 1 nitrogen and oxygen atoms in total. The van der Waals surface area contributed by atoms with Crippen LogP contribution in [-0.4, -0.2) is 6.61 Å². The van der Waals surface area contributed by atoms with Crippen molar-refractivity contribution in [3.05, 3.63) is 94.6 Å². The lowest BCUT2D eigenvalue weighted by molar-refractivity contribution is 0.362. The summed E-state index contributed by atoms with van der Waals surface area (Å²) >= 11 is 0. The van der Waals surface area contributed by atoms with E-state index in [2.05, 4.69) is 72.8 Å². The quantitative estimate of drug-likeness (QED) is 0.306. The molecule has 0 fully saturated rings. The highest BCUT2D eigenvalue weighted by Crippen LogP contribution is 2.52. The second-order valence-corrected chi connectivity index (χ2v) is 7.98. The van der Waals surface area contributed by atoms with Crippen molar-refractivity contribution in [2.75, 3.05) is 6.61 Å². The van der Waals surface area contributed by atoms with E-state index in [0.717, 1.165) is 18.6 Å². The fourth-order valence-electron chi connectivity index (χ4n) is 5.49. The highest BCUT2D eigenvalue weighted by atomic mass is 16.5. The van der Waals surface area contributed by atoms with E-state index in [1.54, 1.807) is 0 Å². The largest absolute Gasteiger partial charge is 0.488 e. The van der Waals surface area contributed by atoms with Crippen molar-refractivity contribution in [1.82, 2.24) is 0 Å². The molecule has 1 heterocycles. The van der Waals surface area contributed by atoms with E-state index in [0.29, 0.717) is 6.61 Å². The summed E-state index contributed by atoms with van der Waals surface area (Å²) in [4.78, 5) is 0. The van der Waals surface area contributed by atoms with Gasteiger partial charge in [-0.1, -0.05) is 66.7 Å². The minimum absolute atomic E-state index is 0.660. The Labute approximate surface area is 163 Å². The zero-order chi connectivity index (χ0) is 18.2. The molecule has 3 aliphatic rings. The van der Waals surface area contributed by atoms with Crippen molar-refractivity contribution >= 4 is 16.8 Å². The SMILES string of the molecule is C1=Cc2c3c(c4ccccc4c2OC1)-c1ccc2c(c1C3)Cc1ccccc1-2. The Morgan fingerprint density at radius 3 is 2.39 bits per heavy atom. The molecule has 2 aliphatic carbocycles. The summed E-state index contributed by atoms with van der Waals surface area (Å²) < 4.78 is 6.12. The van der Waals surface area contributed by atoms with Crippen LogP contribution in [0.5, 0.6) is 5.75 Å². The molecule has 0 atom stereocenters. The van der Waals surface area contributed by atoms with E-state index in [-0.39, 0.29) is 0 Å². The van der Waals surface area contributed by atoms with Crippen LogP contribution in [0.1, 0.15) is 27.8 Å². The maximum atomic E-state index is 6.12. The lowest BCUT2D eigenvalue weighted by Gasteiger charge is -2.19. The Balaban J connectivity index is 1.56. The van der Waals surface area contributed by atoms with E-state index < -0.39 is 0 Å². The van der Waals surface area contributed by atoms with Gasteiger partial charge in [0.05, 0.1) is 0 Å². The molecule has 4 aromatic rings. The number of rotatable bonds is 0. The maximum absolute atomic E-state index is 6.12. The van der Waals surface area contributed by atoms with Crippen molar-refractivity contribution in [2.24, 2.45) is 0 Å². The van der Waals surface area contributed by atoms with Gasteiger partial charge in [0.25, 0.3) is 0 Å². The third-order valence-electron chi connectivity index (χ3n) is 6.65. The molecule has 132 valence electrons. The van der Waals surface area contributed by atoms with Crippen LogP contribution >= 0.6 is 0 Å². The van der Waals surface area contributed by atoms with Gasteiger partial charge in [-0.25, -0.2) is 0 Å². The smallest absolute Gasteiger partial charge is 0.135 e. The van der Waals surface area contributed by atoms with Gasteiger partial charge in [0, 0.05) is 10.9 Å². The Morgan fingerprint density at radius 2 is 1.43 bits per heavy atom. The van der Waals surface area contributed by atoms with Crippen molar-refractivity contribution in [2.45, 2.75) is 12.8 Å². The van der Waals surface area contributed by atoms with Crippen LogP contribution in [0.4, 0.5) is 0 Å². The van der Waals surface area contributed by atoms with Crippen LogP contribution in [0.2, 0.25) is 0 Å². The molecule has 0 spiro atoms. The molecule has 1 heteroatoms. The van der Waals surface area contributed by atoms with E-state index >= 15 is 0 Å². The number of hydrogen-bond acceptors (Lipinski definition) is 1. The molecule has 0 aromatic heterocycles. The van der Waals surface area contributed by atoms with E-state index in [4.69, 9.17) is 4.74 Å². The van der Waals surface area contributed by atoms with Crippen molar-refractivity contribution in [3.8, 4) is 28.0 Å². The van der Waals surface area contributed by atoms with Crippen molar-refractivity contribution in [1.29, 1.82) is 0 Å². The summed E-state index contributed by atoms with van der Waals surface area (Å²) in [6.45, 7) is 0.660. The molecule has 0 saturated carbocycles. The van der Waals surface area contributed by atoms with Crippen LogP contribution in [0, 0.1) is 0 Å². The fraction of sp³-hybridized carbons (Fsp3) is 0.111. The zero-order valence-electron chi connectivity index (χ0n) is 15.5. The summed E-state index contributed by atoms with van der Waals surface area (Å²) in [5.74, 6) is 1.06. The molecule has 4 aromatic carbocycles. The number of hydrogen-bond donors (Lipinski definition) is 0. The van der Waals surface area contributed by atoms with Crippen LogP contribution in [0.25, 0.3) is 39.1 Å². The minimum Gasteiger partial charge on any atom is -0.488 e. The first kappa shape index (κ1) is 14.7. The highest BCUT2D eigenvalue weighted by Gasteiger charge is 2.32. The normalized spacial score (nSPS) is 14.9. The molecule has 0 amide bonds. The number of fused-ring (bicyclic) bond motifs is 12. The van der Waals surface area contributed by atoms with Gasteiger partial charge in [-0.2, -0.15) is 0 Å². The van der Waals surface area contributed by atoms with Crippen molar-refractivity contribution in [3.63, 3.8) is 0 Å². The summed E-state index contributed by atoms with van der Waals surface area (Å²) in [7, 11) is 0. The minimum atomic E-state index is 0.660. The summed E-state index contributed by atoms with van der Waals surface area (Å²) in [6, 6.07) is 22.3. The molecule has 1 aliphatic heterocycles. The summed E-state index contributed by atoms with van der Waals surface area (Å²) in [6.07, 6.45) is 6.46. The second-order valence-electron chi connectivity index (χ2n) is 7.98. The molecular weight excluding hydrogens is 340 g/mol. The highest BCUT2D eigenvalue weighted by molar-refractivity contribution is 6.07. The van der Waals surface area contributed by atoms with Crippen molar-refractivity contribution < 1.29 is 4.74 Å². The van der Waals surface area contributed by atoms with Crippen LogP contribution in [0.3, 0.4) is 0 Å². The van der Waals surface area contributed by atoms with Gasteiger partial charge in [0.15, 0.2) is 0 Å². The zero-order valence-corrected chi connectivity index (χ0v) is 15.5. The Bertz CT molecular complexity index is 1360. The van der Waals surface area contributed by atoms with Gasteiger partial charge in [-0.15, -0.1) is 0 Å². The lowest BCUT2D eigenvalue weighted by Crippen LogP contribution is -2.04. The molecule has 7 rings (SSSR count). The third kappa shape index (κ3) is 1.72. The van der Waals surface area contributed by atoms with Gasteiger partial charge in [-0.3, -0.25) is 0 Å². The predicted octanol–water partition coefficient (Wildman–Crippen LogP) is 6.39. The predicted molar refractivity (Wildman–Crippen MR) is 115 cm³/mol. The molecule has 28 heavy (non-hydrogen) atoms. The van der Waals surface area contributed by atoms with E-state index in [1.165, 1.54) is 60.8 Å². The molecule has 0 radical (unpaired) electrons. The first-order valence-electron chi connectivity index (χ1n) is 10.0. The van der Waals surface area contributed by atoms with Crippen LogP contribution in [0.15, 0.2) is 66.7 Å². The first-order chi connectivity index (χ1) is 13.9. The Kier molecular flexibility index (Phi) is 2.70. The molecular formula is C27H18O. The topological polar surface area (TPSA) is 9.23 Å². The number of benzene rings is 4. The average Bonchev–Trinajstić information content (AvgIpc) is 3.33. The number of ether oxygens (including phenoxy) is 1. The van der Waals surface area contributed by atoms with Gasteiger partial charge in [0.2, 0.25) is 0 Å². The van der Waals surface area contributed by atoms with Gasteiger partial charge >= 0.3 is 0 Å². The lowest BCUT2D eigenvalue weighted by atomic mass is 9.91. The Morgan fingerprint density at radius 1 is 0.643 bits per heavy atom. The molecule has 0 saturated heterocycles. The van der Waals surface area contributed by atoms with Crippen LogP contribution in [-0.2, 0) is 12.8 Å². The van der Waals surface area contributed by atoms with E-state index in [1.807, 2.05) is 0 Å². The maximum Gasteiger partial charge on any atom is 0.135 e. The van der Waals surface area contributed by atoms with Gasteiger partial charge < -0.3 is 4.74 Å². The first-order valence-corrected chi connectivity index (χ1v) is 10.0. The van der Waals surface area contributed by atoms with Gasteiger partial charge in [0.1, 0.15) is 12.4 Å². The molecule has 0 unspecified atom stereocenters. The molecule has 0 N–H and O–H groups in total. The standard InChI is InChI=1S/C27H18O/c1-2-7-17-16(6-1)14-23-18(17)11-12-20-24(23)15-25-22-10-5-13-28-27(22)21-9-4-3-8-19(21)26(20)25/h1-12H,13-15H2. The monoisotopic (exact) mass is 358 g/mol. The Hall–Kier alpha value is -3.32. The summed E-state index contributed by atoms with van der Waals surface area (Å²) in [5.41, 5.74) is 12.9. The van der Waals surface area contributed by atoms with E-state index in [9.17, 15) is 0 Å². The van der Waals surface area contributed by atoms with Gasteiger partial charge in [-0.05, 0) is 68.8 Å².